The Kier molecular flexibility index (Phi) is 5.55. The number of anilines is 4. The summed E-state index contributed by atoms with van der Waals surface area (Å²) in [7, 11) is 0. The van der Waals surface area contributed by atoms with Gasteiger partial charge in [-0.3, -0.25) is 4.79 Å². The number of nitrogens with two attached hydrogens (primary N) is 1. The minimum absolute atomic E-state index is 0.0121. The summed E-state index contributed by atoms with van der Waals surface area (Å²) in [5, 5.41) is 10.2. The zero-order chi connectivity index (χ0) is 22.1. The smallest absolute Gasteiger partial charge is 0.245 e. The number of rotatable bonds is 6. The number of aromatic nitrogens is 6. The normalized spacial score (nSPS) is 11.1. The van der Waals surface area contributed by atoms with Crippen molar-refractivity contribution in [3.63, 3.8) is 0 Å². The summed E-state index contributed by atoms with van der Waals surface area (Å²) in [6.07, 6.45) is 1.49. The van der Waals surface area contributed by atoms with Crippen molar-refractivity contribution >= 4 is 56.3 Å². The van der Waals surface area contributed by atoms with Crippen LogP contribution < -0.4 is 16.4 Å². The third kappa shape index (κ3) is 4.33. The van der Waals surface area contributed by atoms with Crippen molar-refractivity contribution in [3.8, 4) is 0 Å². The second kappa shape index (κ2) is 8.30. The largest absolute Gasteiger partial charge is 0.368 e. The number of fused-ring (bicyclic) bond motifs is 1. The summed E-state index contributed by atoms with van der Waals surface area (Å²) in [6, 6.07) is 6.26. The van der Waals surface area contributed by atoms with Crippen molar-refractivity contribution in [1.82, 2.24) is 29.3 Å². The monoisotopic (exact) mass is 487 g/mol. The fourth-order valence-corrected chi connectivity index (χ4v) is 3.48. The van der Waals surface area contributed by atoms with Crippen LogP contribution in [0.4, 0.5) is 27.7 Å². The summed E-state index contributed by atoms with van der Waals surface area (Å²) in [5.41, 5.74) is 8.09. The van der Waals surface area contributed by atoms with Gasteiger partial charge in [-0.05, 0) is 48.0 Å². The summed E-state index contributed by atoms with van der Waals surface area (Å²) in [6.45, 7) is 4.41. The molecule has 0 aliphatic heterocycles. The van der Waals surface area contributed by atoms with E-state index in [1.165, 1.54) is 12.4 Å². The molecule has 160 valence electrons. The van der Waals surface area contributed by atoms with Crippen LogP contribution >= 0.6 is 15.9 Å². The molecule has 12 heteroatoms. The van der Waals surface area contributed by atoms with Crippen molar-refractivity contribution in [3.05, 3.63) is 46.6 Å². The van der Waals surface area contributed by atoms with Gasteiger partial charge in [-0.25, -0.2) is 14.1 Å². The molecule has 0 spiro atoms. The molecule has 1 amide bonds. The Morgan fingerprint density at radius 1 is 1.29 bits per heavy atom. The van der Waals surface area contributed by atoms with Crippen LogP contribution in [0.5, 0.6) is 0 Å². The van der Waals surface area contributed by atoms with Gasteiger partial charge < -0.3 is 20.9 Å². The van der Waals surface area contributed by atoms with E-state index in [1.54, 1.807) is 27.4 Å². The second-order valence-electron chi connectivity index (χ2n) is 6.76. The molecule has 10 nitrogen and oxygen atoms in total. The molecule has 0 aliphatic rings. The number of hydrogen-bond donors (Lipinski definition) is 3. The van der Waals surface area contributed by atoms with Crippen LogP contribution in [0.1, 0.15) is 12.6 Å². The molecule has 31 heavy (non-hydrogen) atoms. The van der Waals surface area contributed by atoms with Gasteiger partial charge in [0, 0.05) is 18.3 Å². The van der Waals surface area contributed by atoms with Gasteiger partial charge in [0.1, 0.15) is 18.2 Å². The molecule has 4 N–H and O–H groups in total. The van der Waals surface area contributed by atoms with E-state index in [2.05, 4.69) is 46.6 Å². The molecule has 0 aliphatic carbocycles. The summed E-state index contributed by atoms with van der Waals surface area (Å²) in [5.74, 6) is 0.335. The zero-order valence-corrected chi connectivity index (χ0v) is 18.3. The molecular formula is C19H19BrFN9O. The standard InChI is InChI=1S/C19H19BrFN9O/c1-3-30-14(6-10(2)28-30)25-15(31)8-29-9-23-16-17(26-19(22)27-18(16)29)24-11-4-5-13(21)12(20)7-11/h4-7,9H,3,8H2,1-2H3,(H,25,31)(H3,22,24,26,27). The number of carbonyl (C=O) groups is 1. The van der Waals surface area contributed by atoms with E-state index < -0.39 is 0 Å². The van der Waals surface area contributed by atoms with Crippen LogP contribution in [0, 0.1) is 12.7 Å². The lowest BCUT2D eigenvalue weighted by Crippen LogP contribution is -2.20. The highest BCUT2D eigenvalue weighted by Crippen LogP contribution is 2.26. The van der Waals surface area contributed by atoms with Gasteiger partial charge in [0.15, 0.2) is 17.0 Å². The lowest BCUT2D eigenvalue weighted by molar-refractivity contribution is -0.116. The highest BCUT2D eigenvalue weighted by atomic mass is 79.9. The predicted molar refractivity (Wildman–Crippen MR) is 118 cm³/mol. The van der Waals surface area contributed by atoms with Gasteiger partial charge in [-0.15, -0.1) is 0 Å². The molecule has 0 fully saturated rings. The van der Waals surface area contributed by atoms with E-state index in [-0.39, 0.29) is 24.2 Å². The number of amides is 1. The Balaban J connectivity index is 1.59. The fraction of sp³-hybridized carbons (Fsp3) is 0.211. The van der Waals surface area contributed by atoms with Crippen molar-refractivity contribution in [2.45, 2.75) is 26.9 Å². The van der Waals surface area contributed by atoms with Crippen LogP contribution in [-0.4, -0.2) is 35.2 Å². The van der Waals surface area contributed by atoms with Crippen LogP contribution in [0.25, 0.3) is 11.2 Å². The number of carbonyl (C=O) groups excluding carboxylic acids is 1. The fourth-order valence-electron chi connectivity index (χ4n) is 3.10. The van der Waals surface area contributed by atoms with Gasteiger partial charge in [0.2, 0.25) is 11.9 Å². The number of nitrogen functional groups attached to an aromatic ring is 1. The Morgan fingerprint density at radius 2 is 2.10 bits per heavy atom. The molecular weight excluding hydrogens is 469 g/mol. The summed E-state index contributed by atoms with van der Waals surface area (Å²) < 4.78 is 17.1. The average molecular weight is 488 g/mol. The summed E-state index contributed by atoms with van der Waals surface area (Å²) >= 11 is 3.15. The Hall–Kier alpha value is -3.54. The first-order chi connectivity index (χ1) is 14.8. The van der Waals surface area contributed by atoms with Gasteiger partial charge in [-0.1, -0.05) is 0 Å². The Labute approximate surface area is 184 Å². The van der Waals surface area contributed by atoms with Gasteiger partial charge in [-0.2, -0.15) is 15.1 Å². The molecule has 3 aromatic heterocycles. The second-order valence-corrected chi connectivity index (χ2v) is 7.62. The molecule has 0 atom stereocenters. The van der Waals surface area contributed by atoms with Crippen LogP contribution in [0.3, 0.4) is 0 Å². The molecule has 0 unspecified atom stereocenters. The van der Waals surface area contributed by atoms with E-state index in [1.807, 2.05) is 13.8 Å². The number of imidazole rings is 1. The van der Waals surface area contributed by atoms with Crippen molar-refractivity contribution in [1.29, 1.82) is 0 Å². The quantitative estimate of drug-likeness (QED) is 0.380. The van der Waals surface area contributed by atoms with Crippen LogP contribution in [0.2, 0.25) is 0 Å². The highest BCUT2D eigenvalue weighted by Gasteiger charge is 2.16. The maximum absolute atomic E-state index is 13.5. The first kappa shape index (κ1) is 20.7. The number of halogens is 2. The topological polar surface area (TPSA) is 129 Å². The van der Waals surface area contributed by atoms with E-state index >= 15 is 0 Å². The SMILES string of the molecule is CCn1nc(C)cc1NC(=O)Cn1cnc2c(Nc3ccc(F)c(Br)c3)nc(N)nc21. The van der Waals surface area contributed by atoms with Gasteiger partial charge in [0.05, 0.1) is 16.5 Å². The summed E-state index contributed by atoms with van der Waals surface area (Å²) in [4.78, 5) is 25.4. The van der Waals surface area contributed by atoms with E-state index in [0.29, 0.717) is 39.5 Å². The van der Waals surface area contributed by atoms with Crippen LogP contribution in [-0.2, 0) is 17.9 Å². The average Bonchev–Trinajstić information content (AvgIpc) is 3.27. The lowest BCUT2D eigenvalue weighted by atomic mass is 10.3. The third-order valence-electron chi connectivity index (χ3n) is 4.45. The van der Waals surface area contributed by atoms with Crippen LogP contribution in [0.15, 0.2) is 35.1 Å². The molecule has 0 saturated carbocycles. The number of benzene rings is 1. The molecule has 1 aromatic carbocycles. The number of nitrogens with one attached hydrogen (secondary N) is 2. The predicted octanol–water partition coefficient (Wildman–Crippen LogP) is 3.22. The van der Waals surface area contributed by atoms with Gasteiger partial charge >= 0.3 is 0 Å². The Morgan fingerprint density at radius 3 is 2.84 bits per heavy atom. The van der Waals surface area contributed by atoms with E-state index in [9.17, 15) is 9.18 Å². The molecule has 3 heterocycles. The minimum Gasteiger partial charge on any atom is -0.368 e. The Bertz CT molecular complexity index is 1280. The number of nitrogens with zero attached hydrogens (tertiary/aromatic N) is 6. The first-order valence-electron chi connectivity index (χ1n) is 9.38. The molecule has 4 aromatic rings. The van der Waals surface area contributed by atoms with E-state index in [0.717, 1.165) is 5.69 Å². The molecule has 0 radical (unpaired) electrons. The third-order valence-corrected chi connectivity index (χ3v) is 5.05. The maximum Gasteiger partial charge on any atom is 0.245 e. The maximum atomic E-state index is 13.5. The lowest BCUT2D eigenvalue weighted by Gasteiger charge is -2.09. The number of hydrogen-bond acceptors (Lipinski definition) is 7. The highest BCUT2D eigenvalue weighted by molar-refractivity contribution is 9.10. The number of aryl methyl sites for hydroxylation is 2. The molecule has 0 bridgehead atoms. The zero-order valence-electron chi connectivity index (χ0n) is 16.7. The van der Waals surface area contributed by atoms with E-state index in [4.69, 9.17) is 5.73 Å². The molecule has 0 saturated heterocycles. The van der Waals surface area contributed by atoms with Crippen molar-refractivity contribution in [2.24, 2.45) is 0 Å². The van der Waals surface area contributed by atoms with Gasteiger partial charge in [0.25, 0.3) is 0 Å². The first-order valence-corrected chi connectivity index (χ1v) is 10.2. The minimum atomic E-state index is -0.382. The molecule has 4 rings (SSSR count). The van der Waals surface area contributed by atoms with Crippen molar-refractivity contribution in [2.75, 3.05) is 16.4 Å². The van der Waals surface area contributed by atoms with Crippen molar-refractivity contribution < 1.29 is 9.18 Å².